The lowest BCUT2D eigenvalue weighted by Crippen LogP contribution is -2.05. The van der Waals surface area contributed by atoms with Gasteiger partial charge in [0.05, 0.1) is 17.2 Å². The molecular weight excluding hydrogens is 323 g/mol. The molecule has 21 heavy (non-hydrogen) atoms. The van der Waals surface area contributed by atoms with Crippen LogP contribution in [0.15, 0.2) is 15.3 Å². The van der Waals surface area contributed by atoms with Crippen LogP contribution in [0, 0.1) is 0 Å². The lowest BCUT2D eigenvalue weighted by Gasteiger charge is -2.04. The molecular formula is C12H6Cl2N2O5. The lowest BCUT2D eigenvalue weighted by molar-refractivity contribution is 0.0595. The van der Waals surface area contributed by atoms with Crippen molar-refractivity contribution in [2.24, 2.45) is 0 Å². The molecule has 108 valence electrons. The summed E-state index contributed by atoms with van der Waals surface area (Å²) in [6.45, 7) is 0. The maximum Gasteiger partial charge on any atom is 0.360 e. The number of nitrogens with one attached hydrogen (secondary N) is 1. The summed E-state index contributed by atoms with van der Waals surface area (Å²) in [6, 6.07) is 1.23. The molecule has 0 atom stereocenters. The highest BCUT2D eigenvalue weighted by Gasteiger charge is 2.23. The van der Waals surface area contributed by atoms with Crippen molar-refractivity contribution >= 4 is 51.2 Å². The van der Waals surface area contributed by atoms with E-state index < -0.39 is 17.1 Å². The number of aromatic hydroxyl groups is 1. The molecule has 3 aromatic rings. The van der Waals surface area contributed by atoms with Crippen LogP contribution in [-0.2, 0) is 4.74 Å². The summed E-state index contributed by atoms with van der Waals surface area (Å²) in [6.07, 6.45) is 0. The number of hydrogen-bond acceptors (Lipinski definition) is 6. The molecule has 7 nitrogen and oxygen atoms in total. The van der Waals surface area contributed by atoms with Crippen molar-refractivity contribution in [3.8, 4) is 5.75 Å². The number of methoxy groups -OCH3 is 1. The number of esters is 1. The highest BCUT2D eigenvalue weighted by Crippen LogP contribution is 2.37. The van der Waals surface area contributed by atoms with Crippen molar-refractivity contribution in [3.05, 3.63) is 32.0 Å². The number of rotatable bonds is 1. The van der Waals surface area contributed by atoms with Crippen molar-refractivity contribution in [1.29, 1.82) is 0 Å². The van der Waals surface area contributed by atoms with Crippen molar-refractivity contribution in [2.45, 2.75) is 0 Å². The summed E-state index contributed by atoms with van der Waals surface area (Å²) >= 11 is 11.7. The summed E-state index contributed by atoms with van der Waals surface area (Å²) in [5.41, 5.74) is -1.17. The zero-order chi connectivity index (χ0) is 15.3. The minimum Gasteiger partial charge on any atom is -0.505 e. The highest BCUT2D eigenvalue weighted by molar-refractivity contribution is 6.39. The Morgan fingerprint density at radius 3 is 2.76 bits per heavy atom. The van der Waals surface area contributed by atoms with Crippen LogP contribution in [0.1, 0.15) is 10.5 Å². The molecule has 0 saturated carbocycles. The van der Waals surface area contributed by atoms with Crippen LogP contribution in [0.3, 0.4) is 0 Å². The van der Waals surface area contributed by atoms with Gasteiger partial charge in [-0.15, -0.1) is 0 Å². The number of aromatic nitrogens is 2. The van der Waals surface area contributed by atoms with E-state index in [-0.39, 0.29) is 37.8 Å². The largest absolute Gasteiger partial charge is 0.505 e. The van der Waals surface area contributed by atoms with Gasteiger partial charge in [-0.2, -0.15) is 5.10 Å². The molecule has 2 heterocycles. The lowest BCUT2D eigenvalue weighted by atomic mass is 10.2. The first-order valence-corrected chi connectivity index (χ1v) is 6.31. The molecule has 0 bridgehead atoms. The SMILES string of the molecule is COC(=O)c1[nH]nc2c(=O)c3c(O)c(Cl)cc(Cl)c3oc12. The van der Waals surface area contributed by atoms with Crippen LogP contribution in [0.2, 0.25) is 10.0 Å². The van der Waals surface area contributed by atoms with Crippen LogP contribution in [0.4, 0.5) is 0 Å². The molecule has 0 saturated heterocycles. The Bertz CT molecular complexity index is 960. The first-order valence-electron chi connectivity index (χ1n) is 5.56. The summed E-state index contributed by atoms with van der Waals surface area (Å²) in [5, 5.41) is 15.7. The van der Waals surface area contributed by atoms with Crippen LogP contribution in [0.5, 0.6) is 5.75 Å². The molecule has 9 heteroatoms. The van der Waals surface area contributed by atoms with Crippen LogP contribution >= 0.6 is 23.2 Å². The van der Waals surface area contributed by atoms with E-state index in [0.29, 0.717) is 0 Å². The van der Waals surface area contributed by atoms with Gasteiger partial charge in [0, 0.05) is 0 Å². The van der Waals surface area contributed by atoms with Crippen molar-refractivity contribution < 1.29 is 19.1 Å². The second-order valence-electron chi connectivity index (χ2n) is 4.09. The van der Waals surface area contributed by atoms with E-state index in [0.717, 1.165) is 0 Å². The summed E-state index contributed by atoms with van der Waals surface area (Å²) < 4.78 is 9.99. The van der Waals surface area contributed by atoms with Gasteiger partial charge in [0.2, 0.25) is 5.43 Å². The number of fused-ring (bicyclic) bond motifs is 2. The molecule has 3 rings (SSSR count). The summed E-state index contributed by atoms with van der Waals surface area (Å²) in [4.78, 5) is 23.9. The summed E-state index contributed by atoms with van der Waals surface area (Å²) in [5.74, 6) is -1.22. The maximum absolute atomic E-state index is 12.4. The fourth-order valence-corrected chi connectivity index (χ4v) is 2.45. The number of hydrogen-bond donors (Lipinski definition) is 2. The standard InChI is InChI=1S/C12H6Cl2N2O5/c1-20-12(19)7-11-6(15-16-7)9(18)5-8(17)3(13)2-4(14)10(5)21-11/h2,17H,1H3,(H,15,16). The molecule has 0 amide bonds. The quantitative estimate of drug-likeness (QED) is 0.665. The number of carbonyl (C=O) groups is 1. The van der Waals surface area contributed by atoms with Crippen LogP contribution < -0.4 is 5.43 Å². The fraction of sp³-hybridized carbons (Fsp3) is 0.0833. The monoisotopic (exact) mass is 328 g/mol. The van der Waals surface area contributed by atoms with E-state index in [1.807, 2.05) is 0 Å². The topological polar surface area (TPSA) is 105 Å². The van der Waals surface area contributed by atoms with Gasteiger partial charge in [-0.1, -0.05) is 23.2 Å². The summed E-state index contributed by atoms with van der Waals surface area (Å²) in [7, 11) is 1.17. The Kier molecular flexibility index (Phi) is 3.03. The molecule has 1 aromatic carbocycles. The number of phenolic OH excluding ortho intramolecular Hbond substituents is 1. The van der Waals surface area contributed by atoms with Gasteiger partial charge >= 0.3 is 5.97 Å². The Morgan fingerprint density at radius 1 is 1.38 bits per heavy atom. The molecule has 0 unspecified atom stereocenters. The number of benzene rings is 1. The van der Waals surface area contributed by atoms with Gasteiger partial charge in [-0.3, -0.25) is 9.89 Å². The van der Waals surface area contributed by atoms with Crippen molar-refractivity contribution in [2.75, 3.05) is 7.11 Å². The minimum absolute atomic E-state index is 0.0174. The maximum atomic E-state index is 12.4. The molecule has 2 N–H and O–H groups in total. The Labute approximate surface area is 126 Å². The number of aromatic amines is 1. The number of ether oxygens (including phenoxy) is 1. The van der Waals surface area contributed by atoms with Crippen molar-refractivity contribution in [1.82, 2.24) is 10.2 Å². The fourth-order valence-electron chi connectivity index (χ4n) is 1.95. The third-order valence-electron chi connectivity index (χ3n) is 2.92. The zero-order valence-corrected chi connectivity index (χ0v) is 11.9. The average Bonchev–Trinajstić information content (AvgIpc) is 2.88. The third kappa shape index (κ3) is 1.85. The van der Waals surface area contributed by atoms with Crippen LogP contribution in [-0.4, -0.2) is 28.4 Å². The Hall–Kier alpha value is -2.25. The Morgan fingerprint density at radius 2 is 2.10 bits per heavy atom. The van der Waals surface area contributed by atoms with Crippen LogP contribution in [0.25, 0.3) is 22.1 Å². The molecule has 0 spiro atoms. The number of nitrogens with zero attached hydrogens (tertiary/aromatic N) is 1. The van der Waals surface area contributed by atoms with Gasteiger partial charge in [-0.05, 0) is 6.07 Å². The first kappa shape index (κ1) is 13.7. The number of H-pyrrole nitrogens is 1. The van der Waals surface area contributed by atoms with E-state index in [1.165, 1.54) is 13.2 Å². The predicted octanol–water partition coefficient (Wildman–Crippen LogP) is 2.47. The second-order valence-corrected chi connectivity index (χ2v) is 4.91. The zero-order valence-electron chi connectivity index (χ0n) is 10.4. The second kappa shape index (κ2) is 4.64. The van der Waals surface area contributed by atoms with E-state index in [1.54, 1.807) is 0 Å². The highest BCUT2D eigenvalue weighted by atomic mass is 35.5. The average molecular weight is 329 g/mol. The number of halogens is 2. The Balaban J connectivity index is 2.55. The van der Waals surface area contributed by atoms with Gasteiger partial charge in [0.1, 0.15) is 11.1 Å². The third-order valence-corrected chi connectivity index (χ3v) is 3.49. The van der Waals surface area contributed by atoms with E-state index in [2.05, 4.69) is 14.9 Å². The molecule has 0 aliphatic heterocycles. The van der Waals surface area contributed by atoms with Gasteiger partial charge in [-0.25, -0.2) is 4.79 Å². The number of carbonyl (C=O) groups excluding carboxylic acids is 1. The van der Waals surface area contributed by atoms with Gasteiger partial charge < -0.3 is 14.3 Å². The van der Waals surface area contributed by atoms with Gasteiger partial charge in [0.15, 0.2) is 22.4 Å². The predicted molar refractivity (Wildman–Crippen MR) is 75.2 cm³/mol. The van der Waals surface area contributed by atoms with E-state index in [9.17, 15) is 14.7 Å². The van der Waals surface area contributed by atoms with E-state index in [4.69, 9.17) is 27.6 Å². The molecule has 2 aromatic heterocycles. The smallest absolute Gasteiger partial charge is 0.360 e. The molecule has 0 aliphatic carbocycles. The number of phenols is 1. The first-order chi connectivity index (χ1) is 9.95. The molecule has 0 radical (unpaired) electrons. The van der Waals surface area contributed by atoms with E-state index >= 15 is 0 Å². The normalized spacial score (nSPS) is 11.2. The molecule has 0 aliphatic rings. The van der Waals surface area contributed by atoms with Gasteiger partial charge in [0.25, 0.3) is 0 Å². The minimum atomic E-state index is -0.755. The molecule has 0 fully saturated rings. The van der Waals surface area contributed by atoms with Crippen molar-refractivity contribution in [3.63, 3.8) is 0 Å².